The highest BCUT2D eigenvalue weighted by Crippen LogP contribution is 2.32. The highest BCUT2D eigenvalue weighted by atomic mass is 32.2. The van der Waals surface area contributed by atoms with Gasteiger partial charge in [0.1, 0.15) is 11.5 Å². The zero-order chi connectivity index (χ0) is 34.8. The number of carbonyl (C=O) groups excluding carboxylic acids is 1. The Morgan fingerprint density at radius 2 is 1.57 bits per heavy atom. The minimum Gasteiger partial charge on any atom is -0.395 e. The molecule has 3 aromatic rings. The monoisotopic (exact) mass is 699 g/mol. The molecule has 0 unspecified atom stereocenters. The van der Waals surface area contributed by atoms with Gasteiger partial charge in [-0.25, -0.2) is 9.97 Å². The van der Waals surface area contributed by atoms with Gasteiger partial charge in [0.2, 0.25) is 5.95 Å². The zero-order valence-electron chi connectivity index (χ0n) is 26.2. The van der Waals surface area contributed by atoms with Crippen LogP contribution >= 0.6 is 0 Å². The van der Waals surface area contributed by atoms with Crippen LogP contribution in [0.2, 0.25) is 0 Å². The Labute approximate surface area is 272 Å². The van der Waals surface area contributed by atoms with E-state index in [0.717, 1.165) is 62.9 Å². The number of hydrogen-bond acceptors (Lipinski definition) is 14. The normalized spacial score (nSPS) is 15.4. The summed E-state index contributed by atoms with van der Waals surface area (Å²) in [7, 11) is -7.85. The van der Waals surface area contributed by atoms with E-state index in [-0.39, 0.29) is 22.9 Å². The lowest BCUT2D eigenvalue weighted by atomic mass is 10.0. The standard InChI is InChI=1S/C24H29N7O2.2C2H6O4S/c1-15-19-14-27-24(28-20-8-7-18(13-26-20)30-11-9-25-10-12-30)29-22(19)31(17-5-3-4-6-17)23(33)21(15)16(2)32;2*3-1-2-7(4,5)6/h7-8,13-14,17,25H,3-6,9-12H2,1-2H3,(H,26,27,28,29);2*3H,1-2H2,(H,4,5,6). The van der Waals surface area contributed by atoms with Crippen LogP contribution in [0.1, 0.15) is 54.6 Å². The van der Waals surface area contributed by atoms with E-state index in [4.69, 9.17) is 24.3 Å². The first-order chi connectivity index (χ1) is 22.1. The van der Waals surface area contributed by atoms with Gasteiger partial charge in [0.05, 0.1) is 42.2 Å². The minimum absolute atomic E-state index is 0.0536. The predicted octanol–water partition coefficient (Wildman–Crippen LogP) is 0.699. The topological polar surface area (TPSA) is 254 Å². The van der Waals surface area contributed by atoms with Crippen molar-refractivity contribution < 1.29 is 40.9 Å². The van der Waals surface area contributed by atoms with Gasteiger partial charge in [-0.05, 0) is 44.4 Å². The lowest BCUT2D eigenvalue weighted by molar-refractivity contribution is 0.101. The number of rotatable bonds is 9. The molecule has 47 heavy (non-hydrogen) atoms. The van der Waals surface area contributed by atoms with Gasteiger partial charge in [-0.15, -0.1) is 0 Å². The second kappa shape index (κ2) is 17.0. The molecular formula is C28H41N7O10S2. The van der Waals surface area contributed by atoms with Crippen LogP contribution in [0.3, 0.4) is 0 Å². The largest absolute Gasteiger partial charge is 0.395 e. The molecule has 0 atom stereocenters. The SMILES string of the molecule is CC(=O)c1c(C)c2cnc(Nc3ccc(N4CCNCC4)cn3)nc2n(C2CCCC2)c1=O.O=S(=O)(O)CCO.O=S(=O)(O)CCO. The molecule has 2 aliphatic rings. The van der Waals surface area contributed by atoms with Gasteiger partial charge in [0, 0.05) is 43.8 Å². The van der Waals surface area contributed by atoms with Crippen LogP contribution in [0.15, 0.2) is 29.3 Å². The van der Waals surface area contributed by atoms with Crippen LogP contribution < -0.4 is 21.1 Å². The number of carbonyl (C=O) groups is 1. The summed E-state index contributed by atoms with van der Waals surface area (Å²) in [6.07, 6.45) is 7.52. The van der Waals surface area contributed by atoms with Crippen molar-refractivity contribution in [1.82, 2.24) is 24.8 Å². The smallest absolute Gasteiger partial charge is 0.267 e. The van der Waals surface area contributed by atoms with Crippen molar-refractivity contribution in [2.45, 2.75) is 45.6 Å². The fraction of sp³-hybridized carbons (Fsp3) is 0.536. The lowest BCUT2D eigenvalue weighted by Crippen LogP contribution is -2.43. The summed E-state index contributed by atoms with van der Waals surface area (Å²) in [6, 6.07) is 4.01. The number of anilines is 3. The summed E-state index contributed by atoms with van der Waals surface area (Å²) in [5, 5.41) is 23.0. The zero-order valence-corrected chi connectivity index (χ0v) is 27.8. The van der Waals surface area contributed by atoms with Crippen molar-refractivity contribution in [3.8, 4) is 0 Å². The first-order valence-electron chi connectivity index (χ1n) is 14.9. The maximum absolute atomic E-state index is 13.3. The third-order valence-electron chi connectivity index (χ3n) is 7.42. The van der Waals surface area contributed by atoms with Crippen LogP contribution in [0.5, 0.6) is 0 Å². The van der Waals surface area contributed by atoms with Crippen molar-refractivity contribution >= 4 is 54.5 Å². The second-order valence-electron chi connectivity index (χ2n) is 10.9. The molecule has 1 saturated carbocycles. The van der Waals surface area contributed by atoms with Crippen LogP contribution in [-0.4, -0.2) is 112 Å². The number of aliphatic hydroxyl groups excluding tert-OH is 2. The molecule has 0 aromatic carbocycles. The highest BCUT2D eigenvalue weighted by molar-refractivity contribution is 7.86. The summed E-state index contributed by atoms with van der Waals surface area (Å²) >= 11 is 0. The molecule has 2 fully saturated rings. The summed E-state index contributed by atoms with van der Waals surface area (Å²) in [6.45, 7) is 6.05. The van der Waals surface area contributed by atoms with Gasteiger partial charge in [0.25, 0.3) is 25.8 Å². The Hall–Kier alpha value is -3.59. The Balaban J connectivity index is 0.000000360. The van der Waals surface area contributed by atoms with Gasteiger partial charge in [-0.1, -0.05) is 12.8 Å². The van der Waals surface area contributed by atoms with Gasteiger partial charge >= 0.3 is 0 Å². The predicted molar refractivity (Wildman–Crippen MR) is 176 cm³/mol. The first kappa shape index (κ1) is 37.9. The summed E-state index contributed by atoms with van der Waals surface area (Å²) < 4.78 is 55.9. The minimum atomic E-state index is -3.92. The molecule has 5 rings (SSSR count). The number of piperazine rings is 1. The number of fused-ring (bicyclic) bond motifs is 1. The number of aryl methyl sites for hydroxylation is 1. The van der Waals surface area contributed by atoms with Crippen LogP contribution in [-0.2, 0) is 20.2 Å². The quantitative estimate of drug-likeness (QED) is 0.133. The average molecular weight is 700 g/mol. The fourth-order valence-corrected chi connectivity index (χ4v) is 5.69. The molecule has 0 amide bonds. The summed E-state index contributed by atoms with van der Waals surface area (Å²) in [5.41, 5.74) is 2.29. The van der Waals surface area contributed by atoms with Gasteiger partial charge in [-0.3, -0.25) is 23.3 Å². The Kier molecular flexibility index (Phi) is 13.7. The third kappa shape index (κ3) is 11.3. The molecule has 6 N–H and O–H groups in total. The number of aromatic nitrogens is 4. The Bertz CT molecular complexity index is 1750. The van der Waals surface area contributed by atoms with E-state index < -0.39 is 45.0 Å². The van der Waals surface area contributed by atoms with Gasteiger partial charge < -0.3 is 25.7 Å². The summed E-state index contributed by atoms with van der Waals surface area (Å²) in [5.74, 6) is -0.353. The average Bonchev–Trinajstić information content (AvgIpc) is 3.52. The van der Waals surface area contributed by atoms with E-state index >= 15 is 0 Å². The fourth-order valence-electron chi connectivity index (χ4n) is 5.22. The van der Waals surface area contributed by atoms with Gasteiger partial charge in [0.15, 0.2) is 5.78 Å². The maximum Gasteiger partial charge on any atom is 0.267 e. The highest BCUT2D eigenvalue weighted by Gasteiger charge is 2.26. The first-order valence-corrected chi connectivity index (χ1v) is 18.1. The molecule has 260 valence electrons. The second-order valence-corrected chi connectivity index (χ2v) is 14.0. The van der Waals surface area contributed by atoms with E-state index in [1.807, 2.05) is 18.3 Å². The molecule has 3 aromatic heterocycles. The van der Waals surface area contributed by atoms with Crippen molar-refractivity contribution in [1.29, 1.82) is 0 Å². The van der Waals surface area contributed by atoms with E-state index in [0.29, 0.717) is 23.0 Å². The number of pyridine rings is 2. The molecule has 0 spiro atoms. The molecule has 4 heterocycles. The van der Waals surface area contributed by atoms with Gasteiger partial charge in [-0.2, -0.15) is 21.8 Å². The van der Waals surface area contributed by atoms with Crippen molar-refractivity contribution in [3.63, 3.8) is 0 Å². The van der Waals surface area contributed by atoms with Crippen LogP contribution in [0.25, 0.3) is 11.0 Å². The number of aliphatic hydroxyl groups is 2. The molecule has 0 bridgehead atoms. The number of nitrogens with one attached hydrogen (secondary N) is 2. The molecule has 17 nitrogen and oxygen atoms in total. The molecule has 1 aliphatic carbocycles. The molecule has 1 aliphatic heterocycles. The van der Waals surface area contributed by atoms with E-state index in [1.54, 1.807) is 17.7 Å². The van der Waals surface area contributed by atoms with Crippen LogP contribution in [0, 0.1) is 6.92 Å². The number of hydrogen-bond donors (Lipinski definition) is 6. The molecule has 1 saturated heterocycles. The summed E-state index contributed by atoms with van der Waals surface area (Å²) in [4.78, 5) is 41.6. The number of Topliss-reactive ketones (excluding diaryl/α,β-unsaturated/α-hetero) is 1. The lowest BCUT2D eigenvalue weighted by Gasteiger charge is -2.29. The third-order valence-corrected chi connectivity index (χ3v) is 8.82. The number of ketones is 1. The van der Waals surface area contributed by atoms with Crippen molar-refractivity contribution in [3.05, 3.63) is 46.0 Å². The van der Waals surface area contributed by atoms with Crippen molar-refractivity contribution in [2.24, 2.45) is 0 Å². The maximum atomic E-state index is 13.3. The molecule has 0 radical (unpaired) electrons. The van der Waals surface area contributed by atoms with E-state index in [1.165, 1.54) is 6.92 Å². The number of nitrogens with zero attached hydrogens (tertiary/aromatic N) is 5. The van der Waals surface area contributed by atoms with E-state index in [9.17, 15) is 26.4 Å². The molecular weight excluding hydrogens is 658 g/mol. The van der Waals surface area contributed by atoms with Crippen LogP contribution in [0.4, 0.5) is 17.5 Å². The Morgan fingerprint density at radius 1 is 0.979 bits per heavy atom. The molecule has 19 heteroatoms. The Morgan fingerprint density at radius 3 is 2.04 bits per heavy atom. The van der Waals surface area contributed by atoms with Crippen molar-refractivity contribution in [2.75, 3.05) is 61.1 Å². The van der Waals surface area contributed by atoms with E-state index in [2.05, 4.69) is 25.5 Å².